The van der Waals surface area contributed by atoms with Crippen molar-refractivity contribution in [1.29, 1.82) is 0 Å². The number of nitrogens with one attached hydrogen (secondary N) is 1. The van der Waals surface area contributed by atoms with E-state index in [9.17, 15) is 0 Å². The lowest BCUT2D eigenvalue weighted by atomic mass is 10.1. The molecule has 4 rings (SSSR count). The average Bonchev–Trinajstić information content (AvgIpc) is 3.27. The highest BCUT2D eigenvalue weighted by Gasteiger charge is 2.37. The quantitative estimate of drug-likeness (QED) is 0.779. The number of hydrogen-bond acceptors (Lipinski definition) is 3. The molecule has 1 saturated carbocycles. The van der Waals surface area contributed by atoms with Crippen molar-refractivity contribution in [2.75, 3.05) is 5.32 Å². The second-order valence-electron chi connectivity index (χ2n) is 7.33. The molecule has 0 radical (unpaired) electrons. The van der Waals surface area contributed by atoms with Crippen LogP contribution in [0.4, 0.5) is 5.69 Å². The lowest BCUT2D eigenvalue weighted by Gasteiger charge is -2.15. The van der Waals surface area contributed by atoms with Gasteiger partial charge >= 0.3 is 0 Å². The predicted octanol–water partition coefficient (Wildman–Crippen LogP) is 4.93. The summed E-state index contributed by atoms with van der Waals surface area (Å²) < 4.78 is 8.13. The van der Waals surface area contributed by atoms with Crippen molar-refractivity contribution in [3.8, 4) is 5.75 Å². The van der Waals surface area contributed by atoms with E-state index in [1.807, 2.05) is 35.9 Å². The van der Waals surface area contributed by atoms with E-state index in [1.54, 1.807) is 0 Å². The molecule has 2 heterocycles. The van der Waals surface area contributed by atoms with Gasteiger partial charge in [-0.1, -0.05) is 36.9 Å². The molecule has 2 aromatic rings. The van der Waals surface area contributed by atoms with Crippen molar-refractivity contribution < 1.29 is 4.74 Å². The Morgan fingerprint density at radius 3 is 2.92 bits per heavy atom. The molecule has 0 atom stereocenters. The number of benzene rings is 1. The number of nitrogens with zero attached hydrogens (tertiary/aromatic N) is 2. The van der Waals surface area contributed by atoms with E-state index in [4.69, 9.17) is 9.84 Å². The van der Waals surface area contributed by atoms with Crippen LogP contribution in [0.3, 0.4) is 0 Å². The van der Waals surface area contributed by atoms with Gasteiger partial charge in [0, 0.05) is 28.4 Å². The van der Waals surface area contributed by atoms with Gasteiger partial charge in [0.25, 0.3) is 0 Å². The molecule has 1 aliphatic carbocycles. The first-order valence-corrected chi connectivity index (χ1v) is 9.17. The zero-order valence-corrected chi connectivity index (χ0v) is 15.5. The maximum absolute atomic E-state index is 6.10. The summed E-state index contributed by atoms with van der Waals surface area (Å²) in [6, 6.07) is 8.49. The highest BCUT2D eigenvalue weighted by molar-refractivity contribution is 5.72. The van der Waals surface area contributed by atoms with E-state index in [0.29, 0.717) is 6.61 Å². The lowest BCUT2D eigenvalue weighted by Crippen LogP contribution is -2.15. The molecule has 2 aliphatic rings. The molecule has 1 aliphatic heterocycles. The summed E-state index contributed by atoms with van der Waals surface area (Å²) in [6.45, 7) is 9.40. The fraction of sp³-hybridized carbons (Fsp3) is 0.318. The van der Waals surface area contributed by atoms with Crippen LogP contribution in [0.15, 0.2) is 55.1 Å². The number of allylic oxidation sites excluding steroid dienone is 5. The van der Waals surface area contributed by atoms with E-state index < -0.39 is 0 Å². The molecule has 134 valence electrons. The minimum atomic E-state index is 0.265. The number of anilines is 1. The molecule has 1 fully saturated rings. The number of rotatable bonds is 5. The van der Waals surface area contributed by atoms with Crippen LogP contribution in [0, 0.1) is 0 Å². The third kappa shape index (κ3) is 3.32. The highest BCUT2D eigenvalue weighted by atomic mass is 16.5. The van der Waals surface area contributed by atoms with Crippen LogP contribution in [0.25, 0.3) is 5.57 Å². The normalized spacial score (nSPS) is 17.8. The molecule has 4 nitrogen and oxygen atoms in total. The van der Waals surface area contributed by atoms with Crippen LogP contribution < -0.4 is 10.1 Å². The largest absolute Gasteiger partial charge is 0.487 e. The van der Waals surface area contributed by atoms with Gasteiger partial charge in [-0.25, -0.2) is 0 Å². The second kappa shape index (κ2) is 6.52. The smallest absolute Gasteiger partial charge is 0.130 e. The number of aromatic nitrogens is 2. The predicted molar refractivity (Wildman–Crippen MR) is 106 cm³/mol. The van der Waals surface area contributed by atoms with Crippen LogP contribution in [0.1, 0.15) is 43.6 Å². The molecule has 4 heteroatoms. The van der Waals surface area contributed by atoms with Gasteiger partial charge in [0.05, 0.1) is 17.9 Å². The first-order chi connectivity index (χ1) is 12.6. The minimum Gasteiger partial charge on any atom is -0.487 e. The van der Waals surface area contributed by atoms with Gasteiger partial charge in [-0.05, 0) is 38.8 Å². The van der Waals surface area contributed by atoms with Gasteiger partial charge in [0.1, 0.15) is 12.4 Å². The van der Waals surface area contributed by atoms with Gasteiger partial charge < -0.3 is 10.1 Å². The molecule has 0 unspecified atom stereocenters. The third-order valence-corrected chi connectivity index (χ3v) is 5.06. The zero-order valence-electron chi connectivity index (χ0n) is 15.5. The fourth-order valence-corrected chi connectivity index (χ4v) is 3.18. The standard InChI is InChI=1S/C22H25N3O/c1-4-6-7-16(5-2)20-13-19-15-26-21-12-18(23-22(3)10-11-22)9-8-17(21)14-25(19)24-20/h4-9,12-13,23H,2,10-11,14-15H2,1,3H3/b6-4-,16-7+. The maximum Gasteiger partial charge on any atom is 0.130 e. The molecule has 0 amide bonds. The zero-order chi connectivity index (χ0) is 18.1. The summed E-state index contributed by atoms with van der Waals surface area (Å²) in [5, 5.41) is 8.37. The summed E-state index contributed by atoms with van der Waals surface area (Å²) in [4.78, 5) is 0. The highest BCUT2D eigenvalue weighted by Crippen LogP contribution is 2.39. The number of ether oxygens (including phenoxy) is 1. The van der Waals surface area contributed by atoms with Gasteiger partial charge in [0.2, 0.25) is 0 Å². The summed E-state index contributed by atoms with van der Waals surface area (Å²) in [6.07, 6.45) is 10.3. The molecule has 1 N–H and O–H groups in total. The summed E-state index contributed by atoms with van der Waals surface area (Å²) in [5.74, 6) is 0.944. The minimum absolute atomic E-state index is 0.265. The van der Waals surface area contributed by atoms with Gasteiger partial charge in [-0.2, -0.15) is 5.10 Å². The Labute approximate surface area is 154 Å². The number of hydrogen-bond donors (Lipinski definition) is 1. The van der Waals surface area contributed by atoms with Crippen molar-refractivity contribution in [2.24, 2.45) is 0 Å². The molecule has 1 aromatic carbocycles. The summed E-state index contributed by atoms with van der Waals surface area (Å²) >= 11 is 0. The van der Waals surface area contributed by atoms with Gasteiger partial charge in [0.15, 0.2) is 0 Å². The van der Waals surface area contributed by atoms with Crippen molar-refractivity contribution in [3.63, 3.8) is 0 Å². The van der Waals surface area contributed by atoms with Gasteiger partial charge in [-0.3, -0.25) is 4.68 Å². The Bertz CT molecular complexity index is 900. The number of fused-ring (bicyclic) bond motifs is 2. The van der Waals surface area contributed by atoms with Gasteiger partial charge in [-0.15, -0.1) is 0 Å². The summed E-state index contributed by atoms with van der Waals surface area (Å²) in [7, 11) is 0. The van der Waals surface area contributed by atoms with Crippen LogP contribution in [0.2, 0.25) is 0 Å². The molecule has 0 saturated heterocycles. The van der Waals surface area contributed by atoms with Crippen molar-refractivity contribution in [3.05, 3.63) is 72.1 Å². The van der Waals surface area contributed by atoms with E-state index in [0.717, 1.165) is 40.5 Å². The van der Waals surface area contributed by atoms with Crippen LogP contribution in [0.5, 0.6) is 5.75 Å². The fourth-order valence-electron chi connectivity index (χ4n) is 3.18. The Kier molecular flexibility index (Phi) is 4.19. The van der Waals surface area contributed by atoms with Crippen LogP contribution in [-0.4, -0.2) is 15.3 Å². The molecular weight excluding hydrogens is 322 g/mol. The Balaban J connectivity index is 1.59. The summed E-state index contributed by atoms with van der Waals surface area (Å²) in [5.41, 5.74) is 5.57. The average molecular weight is 347 g/mol. The maximum atomic E-state index is 6.10. The molecular formula is C22H25N3O. The van der Waals surface area contributed by atoms with Crippen molar-refractivity contribution in [2.45, 2.75) is 45.4 Å². The Morgan fingerprint density at radius 2 is 2.19 bits per heavy atom. The molecule has 0 spiro atoms. The van der Waals surface area contributed by atoms with E-state index in [-0.39, 0.29) is 5.54 Å². The van der Waals surface area contributed by atoms with Crippen molar-refractivity contribution in [1.82, 2.24) is 9.78 Å². The Hall–Kier alpha value is -2.75. The monoisotopic (exact) mass is 347 g/mol. The van der Waals surface area contributed by atoms with Crippen LogP contribution >= 0.6 is 0 Å². The van der Waals surface area contributed by atoms with Crippen LogP contribution in [-0.2, 0) is 13.2 Å². The second-order valence-corrected chi connectivity index (χ2v) is 7.33. The van der Waals surface area contributed by atoms with Crippen molar-refractivity contribution >= 4 is 11.3 Å². The SMILES string of the molecule is C=C/C(=C\C=C/C)c1cc2n(n1)Cc1ccc(NC3(C)CC3)cc1OC2. The molecule has 0 bridgehead atoms. The first-order valence-electron chi connectivity index (χ1n) is 9.17. The molecule has 1 aromatic heterocycles. The third-order valence-electron chi connectivity index (χ3n) is 5.06. The lowest BCUT2D eigenvalue weighted by molar-refractivity contribution is 0.302. The Morgan fingerprint density at radius 1 is 1.35 bits per heavy atom. The van der Waals surface area contributed by atoms with E-state index >= 15 is 0 Å². The molecule has 26 heavy (non-hydrogen) atoms. The first kappa shape index (κ1) is 16.7. The van der Waals surface area contributed by atoms with E-state index in [2.05, 4.69) is 43.1 Å². The van der Waals surface area contributed by atoms with E-state index in [1.165, 1.54) is 12.8 Å². The topological polar surface area (TPSA) is 39.1 Å².